The molecule has 0 saturated carbocycles. The third-order valence-electron chi connectivity index (χ3n) is 8.60. The van der Waals surface area contributed by atoms with Gasteiger partial charge >= 0.3 is 0 Å². The maximum atomic E-state index is 5.41. The second-order valence-electron chi connectivity index (χ2n) is 10.9. The van der Waals surface area contributed by atoms with Crippen molar-refractivity contribution in [1.29, 1.82) is 0 Å². The van der Waals surface area contributed by atoms with Crippen LogP contribution in [0.5, 0.6) is 0 Å². The molecule has 5 heteroatoms. The average Bonchev–Trinajstić information content (AvgIpc) is 3.75. The lowest BCUT2D eigenvalue weighted by molar-refractivity contribution is 1.02. The van der Waals surface area contributed by atoms with Crippen molar-refractivity contribution in [2.24, 2.45) is 0 Å². The Hall–Kier alpha value is -5.10. The summed E-state index contributed by atoms with van der Waals surface area (Å²) in [6, 6.07) is 45.5. The van der Waals surface area contributed by atoms with Gasteiger partial charge in [0.2, 0.25) is 5.95 Å². The fourth-order valence-corrected chi connectivity index (χ4v) is 9.20. The number of rotatable bonds is 2. The summed E-state index contributed by atoms with van der Waals surface area (Å²) in [5, 5.41) is 8.74. The van der Waals surface area contributed by atoms with Crippen molar-refractivity contribution in [2.75, 3.05) is 0 Å². The molecule has 4 aromatic heterocycles. The summed E-state index contributed by atoms with van der Waals surface area (Å²) in [5.74, 6) is 0.699. The molecule has 0 radical (unpaired) electrons. The second-order valence-corrected chi connectivity index (χ2v) is 13.0. The van der Waals surface area contributed by atoms with Gasteiger partial charge in [-0.15, -0.1) is 22.7 Å². The summed E-state index contributed by atoms with van der Waals surface area (Å²) >= 11 is 3.66. The minimum absolute atomic E-state index is 0.699. The molecule has 0 unspecified atom stereocenters. The summed E-state index contributed by atoms with van der Waals surface area (Å²) in [6.07, 6.45) is 0. The standard InChI is InChI=1S/C38H21N3S2/c1-2-12-22(13-3-1)33-37-34(27-18-8-11-21-30(27)43-37)40-38(39-33)41-28-19-9-6-16-25(28)31-32-26-17-7-10-20-29(26)42-36(32)24-15-5-4-14-23(24)35(31)41/h1-21H. The van der Waals surface area contributed by atoms with Crippen LogP contribution in [0.1, 0.15) is 0 Å². The molecule has 6 aromatic carbocycles. The Bertz CT molecular complexity index is 2730. The van der Waals surface area contributed by atoms with E-state index in [0.717, 1.165) is 32.5 Å². The van der Waals surface area contributed by atoms with Crippen LogP contribution < -0.4 is 0 Å². The lowest BCUT2D eigenvalue weighted by Gasteiger charge is -2.12. The Morgan fingerprint density at radius 2 is 1.07 bits per heavy atom. The van der Waals surface area contributed by atoms with Crippen molar-refractivity contribution in [1.82, 2.24) is 14.5 Å². The van der Waals surface area contributed by atoms with Crippen molar-refractivity contribution < 1.29 is 0 Å². The minimum atomic E-state index is 0.699. The van der Waals surface area contributed by atoms with Crippen molar-refractivity contribution in [3.63, 3.8) is 0 Å². The SMILES string of the molecule is c1ccc(-c2nc(-n3c4ccccc4c4c5c6ccccc6sc5c5ccccc5c43)nc3c2sc2ccccc23)cc1. The zero-order valence-electron chi connectivity index (χ0n) is 22.8. The monoisotopic (exact) mass is 583 g/mol. The highest BCUT2D eigenvalue weighted by Crippen LogP contribution is 2.48. The first-order chi connectivity index (χ1) is 21.3. The van der Waals surface area contributed by atoms with Crippen molar-refractivity contribution in [2.45, 2.75) is 0 Å². The third-order valence-corrected chi connectivity index (χ3v) is 11.0. The molecular formula is C38H21N3S2. The molecule has 200 valence electrons. The summed E-state index contributed by atoms with van der Waals surface area (Å²) in [6.45, 7) is 0. The highest BCUT2D eigenvalue weighted by Gasteiger charge is 2.24. The lowest BCUT2D eigenvalue weighted by atomic mass is 10.00. The lowest BCUT2D eigenvalue weighted by Crippen LogP contribution is -2.03. The number of hydrogen-bond donors (Lipinski definition) is 0. The van der Waals surface area contributed by atoms with Gasteiger partial charge < -0.3 is 0 Å². The van der Waals surface area contributed by atoms with Crippen LogP contribution in [0.25, 0.3) is 90.3 Å². The fraction of sp³-hybridized carbons (Fsp3) is 0. The molecule has 0 spiro atoms. The molecule has 0 fully saturated rings. The minimum Gasteiger partial charge on any atom is -0.277 e. The third kappa shape index (κ3) is 3.18. The maximum absolute atomic E-state index is 5.41. The van der Waals surface area contributed by atoms with Gasteiger partial charge in [-0.2, -0.15) is 0 Å². The van der Waals surface area contributed by atoms with Crippen LogP contribution in [0, 0.1) is 0 Å². The van der Waals surface area contributed by atoms with Crippen LogP contribution in [0.2, 0.25) is 0 Å². The molecule has 0 bridgehead atoms. The number of aromatic nitrogens is 3. The number of hydrogen-bond acceptors (Lipinski definition) is 4. The fourth-order valence-electron chi connectivity index (χ4n) is 6.80. The van der Waals surface area contributed by atoms with Gasteiger partial charge in [0.05, 0.1) is 26.9 Å². The molecule has 4 heterocycles. The van der Waals surface area contributed by atoms with Crippen LogP contribution in [-0.2, 0) is 0 Å². The number of nitrogens with zero attached hydrogens (tertiary/aromatic N) is 3. The molecule has 10 aromatic rings. The van der Waals surface area contributed by atoms with Gasteiger partial charge in [-0.05, 0) is 18.2 Å². The Morgan fingerprint density at radius 1 is 0.465 bits per heavy atom. The van der Waals surface area contributed by atoms with Crippen LogP contribution >= 0.6 is 22.7 Å². The summed E-state index contributed by atoms with van der Waals surface area (Å²) in [4.78, 5) is 10.8. The molecule has 10 rings (SSSR count). The number of thiophene rings is 2. The van der Waals surface area contributed by atoms with Gasteiger partial charge in [0.1, 0.15) is 0 Å². The van der Waals surface area contributed by atoms with E-state index in [-0.39, 0.29) is 0 Å². The van der Waals surface area contributed by atoms with E-state index in [1.54, 1.807) is 11.3 Å². The molecule has 43 heavy (non-hydrogen) atoms. The molecule has 0 N–H and O–H groups in total. The molecule has 3 nitrogen and oxygen atoms in total. The van der Waals surface area contributed by atoms with Crippen molar-refractivity contribution in [3.05, 3.63) is 127 Å². The maximum Gasteiger partial charge on any atom is 0.235 e. The van der Waals surface area contributed by atoms with Crippen molar-refractivity contribution >= 4 is 95.7 Å². The summed E-state index contributed by atoms with van der Waals surface area (Å²) in [5.41, 5.74) is 5.34. The largest absolute Gasteiger partial charge is 0.277 e. The summed E-state index contributed by atoms with van der Waals surface area (Å²) in [7, 11) is 0. The van der Waals surface area contributed by atoms with E-state index in [1.165, 1.54) is 51.8 Å². The van der Waals surface area contributed by atoms with Gasteiger partial charge in [0, 0.05) is 57.4 Å². The summed E-state index contributed by atoms with van der Waals surface area (Å²) < 4.78 is 7.29. The molecular weight excluding hydrogens is 563 g/mol. The number of para-hydroxylation sites is 1. The molecule has 0 saturated heterocycles. The number of benzene rings is 6. The zero-order chi connectivity index (χ0) is 28.1. The molecule has 0 aliphatic rings. The van der Waals surface area contributed by atoms with Crippen LogP contribution in [0.4, 0.5) is 0 Å². The van der Waals surface area contributed by atoms with Gasteiger partial charge in [-0.25, -0.2) is 9.97 Å². The van der Waals surface area contributed by atoms with E-state index in [2.05, 4.69) is 132 Å². The van der Waals surface area contributed by atoms with Crippen molar-refractivity contribution in [3.8, 4) is 17.2 Å². The normalized spacial score (nSPS) is 12.2. The Morgan fingerprint density at radius 3 is 1.88 bits per heavy atom. The first kappa shape index (κ1) is 23.5. The van der Waals surface area contributed by atoms with Crippen LogP contribution in [-0.4, -0.2) is 14.5 Å². The predicted octanol–water partition coefficient (Wildman–Crippen LogP) is 11.1. The molecule has 0 aliphatic heterocycles. The van der Waals surface area contributed by atoms with E-state index < -0.39 is 0 Å². The molecule has 0 atom stereocenters. The second kappa shape index (κ2) is 8.71. The smallest absolute Gasteiger partial charge is 0.235 e. The Balaban J connectivity index is 1.46. The highest BCUT2D eigenvalue weighted by atomic mass is 32.1. The van der Waals surface area contributed by atoms with E-state index in [4.69, 9.17) is 9.97 Å². The first-order valence-electron chi connectivity index (χ1n) is 14.4. The first-order valence-corrected chi connectivity index (χ1v) is 16.0. The van der Waals surface area contributed by atoms with E-state index in [1.807, 2.05) is 11.3 Å². The molecule has 0 amide bonds. The Labute approximate surface area is 253 Å². The van der Waals surface area contributed by atoms with E-state index in [9.17, 15) is 0 Å². The van der Waals surface area contributed by atoms with Gasteiger partial charge in [-0.1, -0.05) is 109 Å². The molecule has 0 aliphatic carbocycles. The van der Waals surface area contributed by atoms with Gasteiger partial charge in [0.25, 0.3) is 0 Å². The van der Waals surface area contributed by atoms with Gasteiger partial charge in [0.15, 0.2) is 0 Å². The van der Waals surface area contributed by atoms with E-state index >= 15 is 0 Å². The quantitative estimate of drug-likeness (QED) is 0.203. The Kier molecular flexibility index (Phi) is 4.75. The average molecular weight is 584 g/mol. The van der Waals surface area contributed by atoms with E-state index in [0.29, 0.717) is 5.95 Å². The number of fused-ring (bicyclic) bond motifs is 13. The zero-order valence-corrected chi connectivity index (χ0v) is 24.4. The van der Waals surface area contributed by atoms with Crippen LogP contribution in [0.15, 0.2) is 127 Å². The topological polar surface area (TPSA) is 30.7 Å². The van der Waals surface area contributed by atoms with Gasteiger partial charge in [-0.3, -0.25) is 4.57 Å². The van der Waals surface area contributed by atoms with Crippen LogP contribution in [0.3, 0.4) is 0 Å². The highest BCUT2D eigenvalue weighted by molar-refractivity contribution is 7.27. The predicted molar refractivity (Wildman–Crippen MR) is 185 cm³/mol.